The summed E-state index contributed by atoms with van der Waals surface area (Å²) in [7, 11) is 0. The second-order valence-electron chi connectivity index (χ2n) is 7.05. The van der Waals surface area contributed by atoms with Gasteiger partial charge in [-0.2, -0.15) is 0 Å². The van der Waals surface area contributed by atoms with Gasteiger partial charge in [0.15, 0.2) is 6.10 Å². The van der Waals surface area contributed by atoms with Gasteiger partial charge < -0.3 is 15.4 Å². The van der Waals surface area contributed by atoms with Gasteiger partial charge in [0.05, 0.1) is 0 Å². The molecule has 1 atom stereocenters. The zero-order valence-corrected chi connectivity index (χ0v) is 17.8. The van der Waals surface area contributed by atoms with Gasteiger partial charge in [0, 0.05) is 22.0 Å². The molecule has 0 heterocycles. The summed E-state index contributed by atoms with van der Waals surface area (Å²) in [5, 5.41) is 6.21. The fourth-order valence-corrected chi connectivity index (χ4v) is 2.92. The maximum atomic E-state index is 12.4. The number of anilines is 2. The van der Waals surface area contributed by atoms with E-state index in [1.165, 1.54) is 0 Å². The van der Waals surface area contributed by atoms with Crippen LogP contribution >= 0.6 is 11.6 Å². The van der Waals surface area contributed by atoms with E-state index in [1.54, 1.807) is 43.3 Å². The maximum absolute atomic E-state index is 12.4. The summed E-state index contributed by atoms with van der Waals surface area (Å²) < 4.78 is 5.71. The smallest absolute Gasteiger partial charge is 0.265 e. The average molecular weight is 423 g/mol. The number of benzene rings is 3. The van der Waals surface area contributed by atoms with Gasteiger partial charge >= 0.3 is 0 Å². The van der Waals surface area contributed by atoms with E-state index >= 15 is 0 Å². The van der Waals surface area contributed by atoms with E-state index in [9.17, 15) is 9.59 Å². The first kappa shape index (κ1) is 21.4. The molecule has 3 aromatic rings. The molecule has 30 heavy (non-hydrogen) atoms. The first-order valence-corrected chi connectivity index (χ1v) is 9.91. The second kappa shape index (κ2) is 9.46. The molecule has 0 saturated carbocycles. The number of nitrogens with one attached hydrogen (secondary N) is 2. The van der Waals surface area contributed by atoms with Gasteiger partial charge in [-0.3, -0.25) is 9.59 Å². The van der Waals surface area contributed by atoms with Crippen molar-refractivity contribution >= 4 is 34.8 Å². The standard InChI is InChI=1S/C24H23ClN2O3/c1-15-4-10-20(11-5-15)26-24(29)18-7-12-21(13-8-18)30-17(3)23(28)27-22-14-19(25)9-6-16(22)2/h4-14,17H,1-3H3,(H,26,29)(H,27,28). The van der Waals surface area contributed by atoms with Crippen molar-refractivity contribution in [3.63, 3.8) is 0 Å². The van der Waals surface area contributed by atoms with E-state index in [2.05, 4.69) is 10.6 Å². The monoisotopic (exact) mass is 422 g/mol. The van der Waals surface area contributed by atoms with Crippen molar-refractivity contribution in [2.24, 2.45) is 0 Å². The summed E-state index contributed by atoms with van der Waals surface area (Å²) in [4.78, 5) is 24.8. The van der Waals surface area contributed by atoms with E-state index in [1.807, 2.05) is 44.2 Å². The molecule has 2 N–H and O–H groups in total. The predicted molar refractivity (Wildman–Crippen MR) is 120 cm³/mol. The topological polar surface area (TPSA) is 67.4 Å². The molecular formula is C24H23ClN2O3. The Labute approximate surface area is 181 Å². The highest BCUT2D eigenvalue weighted by Gasteiger charge is 2.16. The van der Waals surface area contributed by atoms with Crippen LogP contribution in [0.3, 0.4) is 0 Å². The second-order valence-corrected chi connectivity index (χ2v) is 7.49. The van der Waals surface area contributed by atoms with Crippen LogP contribution in [-0.4, -0.2) is 17.9 Å². The van der Waals surface area contributed by atoms with Gasteiger partial charge in [-0.1, -0.05) is 35.4 Å². The van der Waals surface area contributed by atoms with Gasteiger partial charge in [0.2, 0.25) is 0 Å². The molecule has 6 heteroatoms. The molecule has 0 radical (unpaired) electrons. The van der Waals surface area contributed by atoms with Crippen molar-refractivity contribution in [1.82, 2.24) is 0 Å². The summed E-state index contributed by atoms with van der Waals surface area (Å²) in [6.07, 6.45) is -0.726. The number of carbonyl (C=O) groups excluding carboxylic acids is 2. The molecule has 0 aliphatic heterocycles. The number of rotatable bonds is 6. The Morgan fingerprint density at radius 3 is 2.23 bits per heavy atom. The van der Waals surface area contributed by atoms with Gasteiger partial charge in [0.25, 0.3) is 11.8 Å². The van der Waals surface area contributed by atoms with Crippen LogP contribution in [0.5, 0.6) is 5.75 Å². The Hall–Kier alpha value is -3.31. The van der Waals surface area contributed by atoms with Crippen molar-refractivity contribution in [2.75, 3.05) is 10.6 Å². The summed E-state index contributed by atoms with van der Waals surface area (Å²) in [6, 6.07) is 19.5. The van der Waals surface area contributed by atoms with Crippen LogP contribution in [-0.2, 0) is 4.79 Å². The number of ether oxygens (including phenoxy) is 1. The van der Waals surface area contributed by atoms with Crippen LogP contribution in [0.1, 0.15) is 28.4 Å². The minimum atomic E-state index is -0.726. The molecule has 0 fully saturated rings. The molecule has 5 nitrogen and oxygen atoms in total. The summed E-state index contributed by atoms with van der Waals surface area (Å²) in [5.41, 5.74) is 3.90. The highest BCUT2D eigenvalue weighted by Crippen LogP contribution is 2.21. The zero-order chi connectivity index (χ0) is 21.7. The van der Waals surface area contributed by atoms with Crippen molar-refractivity contribution in [3.05, 3.63) is 88.4 Å². The number of amides is 2. The highest BCUT2D eigenvalue weighted by atomic mass is 35.5. The third-order valence-corrected chi connectivity index (χ3v) is 4.80. The third kappa shape index (κ3) is 5.61. The lowest BCUT2D eigenvalue weighted by molar-refractivity contribution is -0.122. The van der Waals surface area contributed by atoms with Crippen molar-refractivity contribution < 1.29 is 14.3 Å². The van der Waals surface area contributed by atoms with Crippen LogP contribution in [0, 0.1) is 13.8 Å². The normalized spacial score (nSPS) is 11.5. The molecule has 0 spiro atoms. The number of halogens is 1. The van der Waals surface area contributed by atoms with Gasteiger partial charge in [0.1, 0.15) is 5.75 Å². The molecule has 0 saturated heterocycles. The van der Waals surface area contributed by atoms with E-state index < -0.39 is 6.10 Å². The van der Waals surface area contributed by atoms with Crippen LogP contribution in [0.25, 0.3) is 0 Å². The molecule has 0 bridgehead atoms. The van der Waals surface area contributed by atoms with Gasteiger partial charge in [-0.15, -0.1) is 0 Å². The number of hydrogen-bond acceptors (Lipinski definition) is 3. The first-order valence-electron chi connectivity index (χ1n) is 9.53. The predicted octanol–water partition coefficient (Wildman–Crippen LogP) is 5.62. The Bertz CT molecular complexity index is 1050. The molecule has 2 amide bonds. The summed E-state index contributed by atoms with van der Waals surface area (Å²) in [6.45, 7) is 5.53. The summed E-state index contributed by atoms with van der Waals surface area (Å²) in [5.74, 6) is -0.0125. The van der Waals surface area contributed by atoms with E-state index in [4.69, 9.17) is 16.3 Å². The van der Waals surface area contributed by atoms with Crippen LogP contribution < -0.4 is 15.4 Å². The molecule has 0 aromatic heterocycles. The van der Waals surface area contributed by atoms with Gasteiger partial charge in [-0.25, -0.2) is 0 Å². The Balaban J connectivity index is 1.59. The quantitative estimate of drug-likeness (QED) is 0.542. The Morgan fingerprint density at radius 2 is 1.57 bits per heavy atom. The lowest BCUT2D eigenvalue weighted by Gasteiger charge is -2.16. The van der Waals surface area contributed by atoms with Crippen LogP contribution in [0.15, 0.2) is 66.7 Å². The Kier molecular flexibility index (Phi) is 6.75. The molecule has 3 rings (SSSR count). The van der Waals surface area contributed by atoms with Crippen molar-refractivity contribution in [3.8, 4) is 5.75 Å². The maximum Gasteiger partial charge on any atom is 0.265 e. The average Bonchev–Trinajstić information content (AvgIpc) is 2.72. The fourth-order valence-electron chi connectivity index (χ4n) is 2.75. The zero-order valence-electron chi connectivity index (χ0n) is 17.0. The number of carbonyl (C=O) groups is 2. The molecule has 1 unspecified atom stereocenters. The van der Waals surface area contributed by atoms with E-state index in [0.717, 1.165) is 16.8 Å². The molecule has 0 aliphatic carbocycles. The highest BCUT2D eigenvalue weighted by molar-refractivity contribution is 6.31. The third-order valence-electron chi connectivity index (χ3n) is 4.57. The minimum Gasteiger partial charge on any atom is -0.481 e. The van der Waals surface area contributed by atoms with Gasteiger partial charge in [-0.05, 0) is 74.9 Å². The molecule has 154 valence electrons. The molecule has 0 aliphatic rings. The van der Waals surface area contributed by atoms with Crippen LogP contribution in [0.2, 0.25) is 5.02 Å². The minimum absolute atomic E-state index is 0.215. The SMILES string of the molecule is Cc1ccc(NC(=O)c2ccc(OC(C)C(=O)Nc3cc(Cl)ccc3C)cc2)cc1. The lowest BCUT2D eigenvalue weighted by atomic mass is 10.2. The van der Waals surface area contributed by atoms with Crippen molar-refractivity contribution in [1.29, 1.82) is 0 Å². The molecule has 3 aromatic carbocycles. The summed E-state index contributed by atoms with van der Waals surface area (Å²) >= 11 is 5.99. The van der Waals surface area contributed by atoms with E-state index in [-0.39, 0.29) is 11.8 Å². The van der Waals surface area contributed by atoms with E-state index in [0.29, 0.717) is 22.0 Å². The molecular weight excluding hydrogens is 400 g/mol. The number of aryl methyl sites for hydroxylation is 2. The van der Waals surface area contributed by atoms with Crippen LogP contribution in [0.4, 0.5) is 11.4 Å². The largest absolute Gasteiger partial charge is 0.481 e. The number of hydrogen-bond donors (Lipinski definition) is 2. The Morgan fingerprint density at radius 1 is 0.900 bits per heavy atom. The first-order chi connectivity index (χ1) is 14.3. The fraction of sp³-hybridized carbons (Fsp3) is 0.167. The van der Waals surface area contributed by atoms with Crippen molar-refractivity contribution in [2.45, 2.75) is 26.9 Å². The lowest BCUT2D eigenvalue weighted by Crippen LogP contribution is -2.30.